The van der Waals surface area contributed by atoms with Crippen molar-refractivity contribution in [3.05, 3.63) is 46.5 Å². The minimum absolute atomic E-state index is 0.0178. The molecule has 88 valence electrons. The Hall–Kier alpha value is -1.70. The predicted molar refractivity (Wildman–Crippen MR) is 67.4 cm³/mol. The van der Waals surface area contributed by atoms with Crippen LogP contribution >= 0.6 is 0 Å². The first-order valence-corrected chi connectivity index (χ1v) is 5.73. The maximum absolute atomic E-state index is 12.3. The van der Waals surface area contributed by atoms with Gasteiger partial charge in [0.2, 0.25) is 0 Å². The molecule has 0 aromatic heterocycles. The van der Waals surface area contributed by atoms with Gasteiger partial charge in [-0.3, -0.25) is 9.59 Å². The molecule has 0 amide bonds. The van der Waals surface area contributed by atoms with E-state index in [2.05, 4.69) is 0 Å². The minimum atomic E-state index is -0.297. The molecular weight excluding hydrogens is 212 g/mol. The predicted octanol–water partition coefficient (Wildman–Crippen LogP) is 3.35. The summed E-state index contributed by atoms with van der Waals surface area (Å²) in [6.07, 6.45) is 1.50. The van der Waals surface area contributed by atoms with Gasteiger partial charge >= 0.3 is 0 Å². The summed E-state index contributed by atoms with van der Waals surface area (Å²) in [7, 11) is 0. The molecule has 0 radical (unpaired) electrons. The zero-order valence-corrected chi connectivity index (χ0v) is 10.6. The van der Waals surface area contributed by atoms with Crippen molar-refractivity contribution in [2.45, 2.75) is 27.7 Å². The van der Waals surface area contributed by atoms with Gasteiger partial charge < -0.3 is 0 Å². The van der Waals surface area contributed by atoms with Gasteiger partial charge in [-0.05, 0) is 24.0 Å². The topological polar surface area (TPSA) is 34.1 Å². The Bertz CT molecular complexity index is 543. The summed E-state index contributed by atoms with van der Waals surface area (Å²) in [6.45, 7) is 7.71. The van der Waals surface area contributed by atoms with Crippen molar-refractivity contribution in [3.8, 4) is 0 Å². The van der Waals surface area contributed by atoms with Gasteiger partial charge in [-0.25, -0.2) is 0 Å². The molecule has 17 heavy (non-hydrogen) atoms. The molecule has 0 aliphatic heterocycles. The van der Waals surface area contributed by atoms with E-state index in [1.807, 2.05) is 39.8 Å². The maximum Gasteiger partial charge on any atom is 0.190 e. The lowest BCUT2D eigenvalue weighted by Gasteiger charge is -2.26. The smallest absolute Gasteiger partial charge is 0.190 e. The highest BCUT2D eigenvalue weighted by Crippen LogP contribution is 2.33. The minimum Gasteiger partial charge on any atom is -0.289 e. The summed E-state index contributed by atoms with van der Waals surface area (Å²) in [5, 5.41) is 0. The van der Waals surface area contributed by atoms with E-state index in [9.17, 15) is 9.59 Å². The van der Waals surface area contributed by atoms with Crippen molar-refractivity contribution >= 4 is 11.6 Å². The number of ketones is 2. The second kappa shape index (κ2) is 3.66. The van der Waals surface area contributed by atoms with Crippen LogP contribution in [0.15, 0.2) is 29.8 Å². The number of aryl methyl sites for hydroxylation is 1. The molecule has 0 bridgehead atoms. The molecule has 0 spiro atoms. The molecule has 1 aromatic rings. The van der Waals surface area contributed by atoms with E-state index in [0.29, 0.717) is 16.7 Å². The van der Waals surface area contributed by atoms with Gasteiger partial charge in [0.1, 0.15) is 0 Å². The zero-order valence-electron chi connectivity index (χ0n) is 10.6. The number of carbonyl (C=O) groups excluding carboxylic acids is 2. The lowest BCUT2D eigenvalue weighted by molar-refractivity contribution is 0.0966. The Kier molecular flexibility index (Phi) is 2.53. The summed E-state index contributed by atoms with van der Waals surface area (Å²) in [6, 6.07) is 5.42. The van der Waals surface area contributed by atoms with E-state index >= 15 is 0 Å². The normalized spacial score (nSPS) is 15.6. The SMILES string of the molecule is Cc1cccc2c1C(=O)C=C(C(C)(C)C)C2=O. The van der Waals surface area contributed by atoms with E-state index in [1.165, 1.54) is 6.08 Å². The van der Waals surface area contributed by atoms with Crippen LogP contribution in [0.5, 0.6) is 0 Å². The van der Waals surface area contributed by atoms with Crippen molar-refractivity contribution in [1.82, 2.24) is 0 Å². The van der Waals surface area contributed by atoms with Gasteiger partial charge in [-0.1, -0.05) is 39.0 Å². The van der Waals surface area contributed by atoms with Crippen LogP contribution in [0.25, 0.3) is 0 Å². The molecular formula is C15H16O2. The van der Waals surface area contributed by atoms with Crippen LogP contribution in [-0.4, -0.2) is 11.6 Å². The van der Waals surface area contributed by atoms with Gasteiger partial charge in [-0.2, -0.15) is 0 Å². The Balaban J connectivity index is 2.66. The van der Waals surface area contributed by atoms with Crippen LogP contribution in [-0.2, 0) is 0 Å². The third kappa shape index (κ3) is 1.84. The van der Waals surface area contributed by atoms with E-state index in [1.54, 1.807) is 6.07 Å². The number of rotatable bonds is 0. The second-order valence-corrected chi connectivity index (χ2v) is 5.50. The van der Waals surface area contributed by atoms with Crippen molar-refractivity contribution in [2.75, 3.05) is 0 Å². The molecule has 0 heterocycles. The number of fused-ring (bicyclic) bond motifs is 1. The summed E-state index contributed by atoms with van der Waals surface area (Å²) >= 11 is 0. The van der Waals surface area contributed by atoms with Gasteiger partial charge in [0.25, 0.3) is 0 Å². The van der Waals surface area contributed by atoms with Crippen LogP contribution in [0, 0.1) is 12.3 Å². The third-order valence-electron chi connectivity index (χ3n) is 3.09. The molecule has 0 fully saturated rings. The van der Waals surface area contributed by atoms with E-state index < -0.39 is 0 Å². The van der Waals surface area contributed by atoms with Gasteiger partial charge in [0, 0.05) is 16.7 Å². The molecule has 1 aromatic carbocycles. The summed E-state index contributed by atoms with van der Waals surface area (Å²) in [5.41, 5.74) is 2.27. The monoisotopic (exact) mass is 228 g/mol. The van der Waals surface area contributed by atoms with Crippen molar-refractivity contribution in [2.24, 2.45) is 5.41 Å². The number of benzene rings is 1. The third-order valence-corrected chi connectivity index (χ3v) is 3.09. The molecule has 1 aliphatic rings. The fraction of sp³-hybridized carbons (Fsp3) is 0.333. The maximum atomic E-state index is 12.3. The molecule has 0 unspecified atom stereocenters. The first kappa shape index (κ1) is 11.8. The highest BCUT2D eigenvalue weighted by Gasteiger charge is 2.32. The molecule has 2 rings (SSSR count). The van der Waals surface area contributed by atoms with E-state index in [0.717, 1.165) is 5.56 Å². The molecule has 1 aliphatic carbocycles. The fourth-order valence-electron chi connectivity index (χ4n) is 2.16. The average molecular weight is 228 g/mol. The molecule has 0 saturated heterocycles. The first-order chi connectivity index (χ1) is 7.82. The molecule has 0 N–H and O–H groups in total. The number of allylic oxidation sites excluding steroid dienone is 2. The van der Waals surface area contributed by atoms with Crippen molar-refractivity contribution < 1.29 is 9.59 Å². The Morgan fingerprint density at radius 1 is 1.06 bits per heavy atom. The number of Topliss-reactive ketones (excluding diaryl/α,β-unsaturated/α-hetero) is 1. The summed E-state index contributed by atoms with van der Waals surface area (Å²) < 4.78 is 0. The summed E-state index contributed by atoms with van der Waals surface area (Å²) in [4.78, 5) is 24.4. The van der Waals surface area contributed by atoms with Crippen molar-refractivity contribution in [3.63, 3.8) is 0 Å². The van der Waals surface area contributed by atoms with Gasteiger partial charge in [-0.15, -0.1) is 0 Å². The highest BCUT2D eigenvalue weighted by molar-refractivity contribution is 6.25. The Morgan fingerprint density at radius 3 is 2.29 bits per heavy atom. The zero-order chi connectivity index (χ0) is 12.8. The lowest BCUT2D eigenvalue weighted by Crippen LogP contribution is -2.25. The fourth-order valence-corrected chi connectivity index (χ4v) is 2.16. The van der Waals surface area contributed by atoms with Crippen molar-refractivity contribution in [1.29, 1.82) is 0 Å². The first-order valence-electron chi connectivity index (χ1n) is 5.73. The van der Waals surface area contributed by atoms with Crippen LogP contribution < -0.4 is 0 Å². The number of carbonyl (C=O) groups is 2. The van der Waals surface area contributed by atoms with Crippen LogP contribution in [0.1, 0.15) is 47.1 Å². The largest absolute Gasteiger partial charge is 0.289 e. The van der Waals surface area contributed by atoms with Gasteiger partial charge in [0.15, 0.2) is 11.6 Å². The van der Waals surface area contributed by atoms with Crippen LogP contribution in [0.3, 0.4) is 0 Å². The van der Waals surface area contributed by atoms with Crippen LogP contribution in [0.4, 0.5) is 0 Å². The van der Waals surface area contributed by atoms with Gasteiger partial charge in [0.05, 0.1) is 0 Å². The quantitative estimate of drug-likeness (QED) is 0.682. The Labute approximate surface area is 101 Å². The molecule has 2 nitrogen and oxygen atoms in total. The molecule has 0 saturated carbocycles. The van der Waals surface area contributed by atoms with Crippen LogP contribution in [0.2, 0.25) is 0 Å². The average Bonchev–Trinajstić information content (AvgIpc) is 2.21. The Morgan fingerprint density at radius 2 is 1.71 bits per heavy atom. The number of hydrogen-bond donors (Lipinski definition) is 0. The molecule has 0 atom stereocenters. The highest BCUT2D eigenvalue weighted by atomic mass is 16.1. The van der Waals surface area contributed by atoms with E-state index in [4.69, 9.17) is 0 Å². The number of hydrogen-bond acceptors (Lipinski definition) is 2. The lowest BCUT2D eigenvalue weighted by atomic mass is 9.76. The second-order valence-electron chi connectivity index (χ2n) is 5.50. The summed E-state index contributed by atoms with van der Waals surface area (Å²) in [5.74, 6) is -0.0709. The standard InChI is InChI=1S/C15H16O2/c1-9-6-5-7-10-13(9)12(16)8-11(14(10)17)15(2,3)4/h5-8H,1-4H3. The molecule has 2 heteroatoms. The van der Waals surface area contributed by atoms with E-state index in [-0.39, 0.29) is 17.0 Å².